The molecule has 1 fully saturated rings. The Balaban J connectivity index is 2.26. The van der Waals surface area contributed by atoms with Crippen molar-refractivity contribution in [2.24, 2.45) is 5.73 Å². The van der Waals surface area contributed by atoms with E-state index in [4.69, 9.17) is 5.73 Å². The van der Waals surface area contributed by atoms with Gasteiger partial charge in [0.15, 0.2) is 0 Å². The second-order valence-electron chi connectivity index (χ2n) is 3.74. The quantitative estimate of drug-likeness (QED) is 0.763. The van der Waals surface area contributed by atoms with E-state index < -0.39 is 0 Å². The minimum absolute atomic E-state index is 0.0106. The predicted molar refractivity (Wildman–Crippen MR) is 57.5 cm³/mol. The molecular formula is C10H16N4O. The van der Waals surface area contributed by atoms with Crippen molar-refractivity contribution in [2.75, 3.05) is 11.4 Å². The maximum absolute atomic E-state index is 11.9. The van der Waals surface area contributed by atoms with Crippen LogP contribution in [0.1, 0.15) is 19.8 Å². The summed E-state index contributed by atoms with van der Waals surface area (Å²) in [7, 11) is 0. The lowest BCUT2D eigenvalue weighted by Crippen LogP contribution is -2.49. The van der Waals surface area contributed by atoms with Crippen LogP contribution in [0.25, 0.3) is 0 Å². The van der Waals surface area contributed by atoms with Gasteiger partial charge in [0.05, 0.1) is 12.2 Å². The highest BCUT2D eigenvalue weighted by Gasteiger charge is 2.28. The summed E-state index contributed by atoms with van der Waals surface area (Å²) in [5.41, 5.74) is 5.75. The molecule has 0 bridgehead atoms. The summed E-state index contributed by atoms with van der Waals surface area (Å²) in [6.45, 7) is 3.52. The van der Waals surface area contributed by atoms with Gasteiger partial charge in [-0.1, -0.05) is 0 Å². The average Bonchev–Trinajstić information content (AvgIpc) is 2.70. The van der Waals surface area contributed by atoms with Crippen LogP contribution < -0.4 is 10.6 Å². The molecule has 0 aromatic carbocycles. The first-order chi connectivity index (χ1) is 7.24. The van der Waals surface area contributed by atoms with Gasteiger partial charge in [0.25, 0.3) is 0 Å². The molecule has 0 radical (unpaired) electrons. The molecule has 2 N–H and O–H groups in total. The number of anilines is 1. The van der Waals surface area contributed by atoms with Gasteiger partial charge in [-0.3, -0.25) is 9.69 Å². The van der Waals surface area contributed by atoms with E-state index in [1.807, 2.05) is 17.7 Å². The van der Waals surface area contributed by atoms with Gasteiger partial charge in [-0.05, 0) is 19.8 Å². The summed E-state index contributed by atoms with van der Waals surface area (Å²) < 4.78 is 1.82. The molecule has 15 heavy (non-hydrogen) atoms. The number of nitrogens with zero attached hydrogens (tertiary/aromatic N) is 3. The summed E-state index contributed by atoms with van der Waals surface area (Å²) in [4.78, 5) is 13.6. The van der Waals surface area contributed by atoms with Crippen LogP contribution in [0.2, 0.25) is 0 Å². The largest absolute Gasteiger partial charge is 0.320 e. The first-order valence-electron chi connectivity index (χ1n) is 5.32. The normalized spacial score (nSPS) is 22.1. The highest BCUT2D eigenvalue weighted by atomic mass is 16.2. The highest BCUT2D eigenvalue weighted by molar-refractivity contribution is 5.97. The van der Waals surface area contributed by atoms with Crippen molar-refractivity contribution in [3.05, 3.63) is 12.3 Å². The monoisotopic (exact) mass is 208 g/mol. The Kier molecular flexibility index (Phi) is 2.73. The van der Waals surface area contributed by atoms with Crippen LogP contribution in [0, 0.1) is 0 Å². The van der Waals surface area contributed by atoms with Gasteiger partial charge in [-0.2, -0.15) is 5.10 Å². The number of carbonyl (C=O) groups excluding carboxylic acids is 1. The Hall–Kier alpha value is -1.36. The number of aryl methyl sites for hydroxylation is 1. The van der Waals surface area contributed by atoms with Crippen LogP contribution in [0.3, 0.4) is 0 Å². The number of rotatable bonds is 2. The lowest BCUT2D eigenvalue weighted by Gasteiger charge is -2.30. The number of nitrogens with two attached hydrogens (primary N) is 1. The molecule has 1 aromatic heterocycles. The van der Waals surface area contributed by atoms with Gasteiger partial charge in [-0.15, -0.1) is 0 Å². The van der Waals surface area contributed by atoms with Crippen LogP contribution in [-0.4, -0.2) is 28.3 Å². The van der Waals surface area contributed by atoms with Crippen LogP contribution in [0.15, 0.2) is 12.3 Å². The first-order valence-corrected chi connectivity index (χ1v) is 5.32. The lowest BCUT2D eigenvalue weighted by atomic mass is 10.1. The van der Waals surface area contributed by atoms with Crippen molar-refractivity contribution >= 4 is 11.7 Å². The van der Waals surface area contributed by atoms with Gasteiger partial charge in [0.2, 0.25) is 5.91 Å². The molecule has 1 aromatic rings. The molecule has 0 aliphatic carbocycles. The topological polar surface area (TPSA) is 64.2 Å². The molecule has 5 nitrogen and oxygen atoms in total. The fraction of sp³-hybridized carbons (Fsp3) is 0.600. The van der Waals surface area contributed by atoms with E-state index in [1.54, 1.807) is 11.1 Å². The van der Waals surface area contributed by atoms with Crippen LogP contribution in [0.5, 0.6) is 0 Å². The standard InChI is InChI=1S/C10H16N4O/c1-2-14-9(5-6-12-14)13-7-3-4-8(11)10(13)15/h5-6,8H,2-4,7,11H2,1H3/t8-/m1/s1. The molecule has 1 saturated heterocycles. The highest BCUT2D eigenvalue weighted by Crippen LogP contribution is 2.19. The zero-order chi connectivity index (χ0) is 10.8. The Morgan fingerprint density at radius 3 is 3.20 bits per heavy atom. The van der Waals surface area contributed by atoms with Crippen LogP contribution >= 0.6 is 0 Å². The Morgan fingerprint density at radius 1 is 1.67 bits per heavy atom. The van der Waals surface area contributed by atoms with Crippen molar-refractivity contribution < 1.29 is 4.79 Å². The molecule has 1 aliphatic heterocycles. The zero-order valence-corrected chi connectivity index (χ0v) is 8.89. The lowest BCUT2D eigenvalue weighted by molar-refractivity contribution is -0.120. The molecule has 2 rings (SSSR count). The number of amides is 1. The second-order valence-corrected chi connectivity index (χ2v) is 3.74. The van der Waals surface area contributed by atoms with Crippen molar-refractivity contribution in [1.29, 1.82) is 0 Å². The summed E-state index contributed by atoms with van der Waals surface area (Å²) in [6, 6.07) is 1.51. The Bertz CT molecular complexity index is 360. The molecule has 1 atom stereocenters. The van der Waals surface area contributed by atoms with E-state index in [2.05, 4.69) is 5.10 Å². The van der Waals surface area contributed by atoms with E-state index in [-0.39, 0.29) is 11.9 Å². The molecule has 5 heteroatoms. The molecule has 0 unspecified atom stereocenters. The van der Waals surface area contributed by atoms with Gasteiger partial charge >= 0.3 is 0 Å². The zero-order valence-electron chi connectivity index (χ0n) is 8.89. The number of hydrogen-bond acceptors (Lipinski definition) is 3. The van der Waals surface area contributed by atoms with Crippen LogP contribution in [0.4, 0.5) is 5.82 Å². The van der Waals surface area contributed by atoms with Crippen molar-refractivity contribution in [1.82, 2.24) is 9.78 Å². The third-order valence-electron chi connectivity index (χ3n) is 2.75. The van der Waals surface area contributed by atoms with Crippen LogP contribution in [-0.2, 0) is 11.3 Å². The number of piperidine rings is 1. The third kappa shape index (κ3) is 1.74. The van der Waals surface area contributed by atoms with E-state index in [0.29, 0.717) is 0 Å². The third-order valence-corrected chi connectivity index (χ3v) is 2.75. The number of carbonyl (C=O) groups is 1. The summed E-state index contributed by atoms with van der Waals surface area (Å²) in [5, 5.41) is 4.15. The molecule has 0 saturated carbocycles. The Labute approximate surface area is 88.8 Å². The van der Waals surface area contributed by atoms with E-state index in [9.17, 15) is 4.79 Å². The van der Waals surface area contributed by atoms with Crippen molar-refractivity contribution in [2.45, 2.75) is 32.4 Å². The van der Waals surface area contributed by atoms with E-state index in [0.717, 1.165) is 31.7 Å². The molecule has 1 amide bonds. The SMILES string of the molecule is CCn1nccc1N1CCC[C@@H](N)C1=O. The number of hydrogen-bond donors (Lipinski definition) is 1. The first kappa shape index (κ1) is 10.2. The fourth-order valence-corrected chi connectivity index (χ4v) is 1.93. The van der Waals surface area contributed by atoms with Gasteiger partial charge in [-0.25, -0.2) is 4.68 Å². The van der Waals surface area contributed by atoms with Gasteiger partial charge in [0.1, 0.15) is 5.82 Å². The maximum atomic E-state index is 11.9. The van der Waals surface area contributed by atoms with Gasteiger partial charge in [0, 0.05) is 19.2 Å². The second kappa shape index (κ2) is 4.02. The smallest absolute Gasteiger partial charge is 0.245 e. The summed E-state index contributed by atoms with van der Waals surface area (Å²) >= 11 is 0. The fourth-order valence-electron chi connectivity index (χ4n) is 1.93. The van der Waals surface area contributed by atoms with E-state index in [1.165, 1.54) is 0 Å². The summed E-state index contributed by atoms with van der Waals surface area (Å²) in [6.07, 6.45) is 3.46. The predicted octanol–water partition coefficient (Wildman–Crippen LogP) is 0.357. The molecular weight excluding hydrogens is 192 g/mol. The molecule has 82 valence electrons. The molecule has 1 aliphatic rings. The molecule has 2 heterocycles. The minimum atomic E-state index is -0.348. The minimum Gasteiger partial charge on any atom is -0.320 e. The number of aromatic nitrogens is 2. The Morgan fingerprint density at radius 2 is 2.47 bits per heavy atom. The molecule has 0 spiro atoms. The van der Waals surface area contributed by atoms with Crippen molar-refractivity contribution in [3.8, 4) is 0 Å². The van der Waals surface area contributed by atoms with Crippen molar-refractivity contribution in [3.63, 3.8) is 0 Å². The average molecular weight is 208 g/mol. The maximum Gasteiger partial charge on any atom is 0.245 e. The summed E-state index contributed by atoms with van der Waals surface area (Å²) in [5.74, 6) is 0.870. The van der Waals surface area contributed by atoms with Gasteiger partial charge < -0.3 is 5.73 Å². The van der Waals surface area contributed by atoms with E-state index >= 15 is 0 Å².